The zero-order chi connectivity index (χ0) is 29.4. The van der Waals surface area contributed by atoms with Gasteiger partial charge in [-0.2, -0.15) is 4.98 Å². The number of hydrogen-bond acceptors (Lipinski definition) is 8. The summed E-state index contributed by atoms with van der Waals surface area (Å²) in [5.74, 6) is -1.56. The summed E-state index contributed by atoms with van der Waals surface area (Å²) in [5.41, 5.74) is 0.713. The van der Waals surface area contributed by atoms with Crippen LogP contribution in [0.15, 0.2) is 36.4 Å². The Hall–Kier alpha value is -4.22. The van der Waals surface area contributed by atoms with Gasteiger partial charge in [-0.05, 0) is 46.0 Å². The van der Waals surface area contributed by atoms with Crippen molar-refractivity contribution in [2.24, 2.45) is 0 Å². The lowest BCUT2D eigenvalue weighted by atomic mass is 10.1. The topological polar surface area (TPSA) is 151 Å². The minimum atomic E-state index is -1.11. The minimum absolute atomic E-state index is 0.00379. The lowest BCUT2D eigenvalue weighted by molar-refractivity contribution is -0.139. The molecule has 12 heteroatoms. The van der Waals surface area contributed by atoms with Crippen molar-refractivity contribution in [1.82, 2.24) is 25.1 Å². The Morgan fingerprint density at radius 3 is 2.49 bits per heavy atom. The maximum Gasteiger partial charge on any atom is 0.409 e. The fourth-order valence-corrected chi connectivity index (χ4v) is 5.12. The van der Waals surface area contributed by atoms with Crippen LogP contribution in [0.5, 0.6) is 5.88 Å². The van der Waals surface area contributed by atoms with Crippen molar-refractivity contribution in [3.8, 4) is 17.3 Å². The van der Waals surface area contributed by atoms with E-state index in [-0.39, 0.29) is 62.8 Å². The largest absolute Gasteiger partial charge is 0.481 e. The Bertz CT molecular complexity index is 1240. The maximum atomic E-state index is 13.6. The molecule has 2 N–H and O–H groups in total. The number of amides is 3. The van der Waals surface area contributed by atoms with E-state index in [0.29, 0.717) is 11.4 Å². The van der Waals surface area contributed by atoms with Crippen LogP contribution >= 0.6 is 0 Å². The fraction of sp³-hybridized carbons (Fsp3) is 0.517. The molecule has 2 aliphatic rings. The molecule has 0 spiro atoms. The maximum absolute atomic E-state index is 13.6. The molecule has 2 heterocycles. The second kappa shape index (κ2) is 13.9. The number of carboxylic acids is 1. The van der Waals surface area contributed by atoms with Crippen LogP contribution in [0, 0.1) is 0 Å². The number of carbonyl (C=O) groups excluding carboxylic acids is 3. The molecule has 3 amide bonds. The number of hydrogen-bond donors (Lipinski definition) is 2. The van der Waals surface area contributed by atoms with E-state index >= 15 is 0 Å². The average Bonchev–Trinajstić information content (AvgIpc) is 3.48. The number of aromatic nitrogens is 2. The summed E-state index contributed by atoms with van der Waals surface area (Å²) in [4.78, 5) is 62.7. The van der Waals surface area contributed by atoms with Gasteiger partial charge in [0.1, 0.15) is 17.8 Å². The molecule has 1 aliphatic carbocycles. The summed E-state index contributed by atoms with van der Waals surface area (Å²) < 4.78 is 11.2. The lowest BCUT2D eigenvalue weighted by Gasteiger charge is -2.40. The molecule has 0 bridgehead atoms. The summed E-state index contributed by atoms with van der Waals surface area (Å²) in [5, 5.41) is 12.0. The first-order valence-electron chi connectivity index (χ1n) is 14.1. The van der Waals surface area contributed by atoms with Gasteiger partial charge in [0.25, 0.3) is 5.91 Å². The molecule has 2 fully saturated rings. The van der Waals surface area contributed by atoms with Gasteiger partial charge in [-0.25, -0.2) is 9.78 Å². The number of benzene rings is 1. The van der Waals surface area contributed by atoms with Gasteiger partial charge in [-0.1, -0.05) is 30.3 Å². The molecule has 2 unspecified atom stereocenters. The highest BCUT2D eigenvalue weighted by Crippen LogP contribution is 2.25. The summed E-state index contributed by atoms with van der Waals surface area (Å²) in [6.07, 6.45) is 3.07. The van der Waals surface area contributed by atoms with Crippen molar-refractivity contribution in [3.05, 3.63) is 42.1 Å². The van der Waals surface area contributed by atoms with Gasteiger partial charge in [0.15, 0.2) is 5.82 Å². The number of piperazine rings is 1. The fourth-order valence-electron chi connectivity index (χ4n) is 5.12. The third-order valence-electron chi connectivity index (χ3n) is 7.24. The Balaban J connectivity index is 1.54. The van der Waals surface area contributed by atoms with Crippen LogP contribution < -0.4 is 10.1 Å². The number of nitrogens with zero attached hydrogens (tertiary/aromatic N) is 4. The molecule has 0 radical (unpaired) electrons. The second-order valence-corrected chi connectivity index (χ2v) is 10.3. The molecule has 1 aliphatic heterocycles. The van der Waals surface area contributed by atoms with Crippen LogP contribution in [-0.4, -0.2) is 93.2 Å². The van der Waals surface area contributed by atoms with Gasteiger partial charge in [-0.15, -0.1) is 0 Å². The number of aliphatic carboxylic acids is 1. The van der Waals surface area contributed by atoms with E-state index < -0.39 is 29.9 Å². The summed E-state index contributed by atoms with van der Waals surface area (Å²) in [6.45, 7) is 4.52. The minimum Gasteiger partial charge on any atom is -0.481 e. The van der Waals surface area contributed by atoms with Gasteiger partial charge < -0.3 is 29.7 Å². The van der Waals surface area contributed by atoms with Gasteiger partial charge >= 0.3 is 12.1 Å². The van der Waals surface area contributed by atoms with E-state index in [1.165, 1.54) is 11.0 Å². The molecule has 1 saturated carbocycles. The van der Waals surface area contributed by atoms with Gasteiger partial charge in [0.05, 0.1) is 6.61 Å². The molecule has 1 aromatic carbocycles. The molecular weight excluding hydrogens is 530 g/mol. The first kappa shape index (κ1) is 29.8. The van der Waals surface area contributed by atoms with Crippen molar-refractivity contribution in [2.75, 3.05) is 26.2 Å². The molecule has 1 saturated heterocycles. The predicted molar refractivity (Wildman–Crippen MR) is 148 cm³/mol. The van der Waals surface area contributed by atoms with Crippen LogP contribution in [0.4, 0.5) is 4.79 Å². The Morgan fingerprint density at radius 2 is 1.83 bits per heavy atom. The van der Waals surface area contributed by atoms with Crippen LogP contribution in [0.25, 0.3) is 11.4 Å². The number of carbonyl (C=O) groups is 4. The normalized spacial score (nSPS) is 18.0. The Morgan fingerprint density at radius 1 is 1.10 bits per heavy atom. The average molecular weight is 568 g/mol. The van der Waals surface area contributed by atoms with E-state index in [1.807, 2.05) is 30.3 Å². The second-order valence-electron chi connectivity index (χ2n) is 10.3. The molecular formula is C29H37N5O7. The van der Waals surface area contributed by atoms with Crippen LogP contribution in [0.3, 0.4) is 0 Å². The van der Waals surface area contributed by atoms with Gasteiger partial charge in [0.2, 0.25) is 11.8 Å². The van der Waals surface area contributed by atoms with Crippen molar-refractivity contribution >= 4 is 23.9 Å². The van der Waals surface area contributed by atoms with Gasteiger partial charge in [0, 0.05) is 43.7 Å². The molecule has 41 heavy (non-hydrogen) atoms. The smallest absolute Gasteiger partial charge is 0.409 e. The lowest BCUT2D eigenvalue weighted by Crippen LogP contribution is -2.59. The SMILES string of the molecule is CCOC(=O)N1CCN(C(=O)C(CCC(=O)O)NC(=O)c2cc(OC3CCCC3)nc(-c3ccccc3)n2)C(C)C1. The highest BCUT2D eigenvalue weighted by atomic mass is 16.6. The highest BCUT2D eigenvalue weighted by molar-refractivity contribution is 5.97. The van der Waals surface area contributed by atoms with E-state index in [4.69, 9.17) is 9.47 Å². The first-order valence-corrected chi connectivity index (χ1v) is 14.1. The third-order valence-corrected chi connectivity index (χ3v) is 7.24. The Labute approximate surface area is 239 Å². The van der Waals surface area contributed by atoms with Crippen LogP contribution in [-0.2, 0) is 14.3 Å². The van der Waals surface area contributed by atoms with Gasteiger partial charge in [-0.3, -0.25) is 14.4 Å². The van der Waals surface area contributed by atoms with Crippen LogP contribution in [0.2, 0.25) is 0 Å². The molecule has 4 rings (SSSR count). The monoisotopic (exact) mass is 567 g/mol. The van der Waals surface area contributed by atoms with Crippen molar-refractivity contribution in [2.45, 2.75) is 70.6 Å². The third kappa shape index (κ3) is 7.92. The molecule has 12 nitrogen and oxygen atoms in total. The standard InChI is InChI=1S/C29H37N5O7/c1-3-40-29(39)33-15-16-34(19(2)18-33)28(38)22(13-14-25(35)36)31-27(37)23-17-24(41-21-11-7-8-12-21)32-26(30-23)20-9-5-4-6-10-20/h4-6,9-10,17,19,21-22H,3,7-8,11-16,18H2,1-2H3,(H,31,37)(H,35,36). The van der Waals surface area contributed by atoms with E-state index in [9.17, 15) is 24.3 Å². The first-order chi connectivity index (χ1) is 19.7. The van der Waals surface area contributed by atoms with Crippen molar-refractivity contribution < 1.29 is 33.8 Å². The number of carboxylic acid groups (broad SMARTS) is 1. The molecule has 1 aromatic heterocycles. The van der Waals surface area contributed by atoms with E-state index in [1.54, 1.807) is 18.7 Å². The van der Waals surface area contributed by atoms with Crippen molar-refractivity contribution in [3.63, 3.8) is 0 Å². The van der Waals surface area contributed by atoms with E-state index in [2.05, 4.69) is 15.3 Å². The summed E-state index contributed by atoms with van der Waals surface area (Å²) in [6, 6.07) is 9.19. The summed E-state index contributed by atoms with van der Waals surface area (Å²) in [7, 11) is 0. The summed E-state index contributed by atoms with van der Waals surface area (Å²) >= 11 is 0. The van der Waals surface area contributed by atoms with Crippen molar-refractivity contribution in [1.29, 1.82) is 0 Å². The highest BCUT2D eigenvalue weighted by Gasteiger charge is 2.35. The molecule has 2 aromatic rings. The number of nitrogens with one attached hydrogen (secondary N) is 1. The number of ether oxygens (including phenoxy) is 2. The number of rotatable bonds is 10. The Kier molecular flexibility index (Phi) is 10.1. The zero-order valence-corrected chi connectivity index (χ0v) is 23.5. The molecule has 2 atom stereocenters. The van der Waals surface area contributed by atoms with Crippen LogP contribution in [0.1, 0.15) is 62.9 Å². The zero-order valence-electron chi connectivity index (χ0n) is 23.5. The quantitative estimate of drug-likeness (QED) is 0.441. The molecule has 220 valence electrons. The predicted octanol–water partition coefficient (Wildman–Crippen LogP) is 3.12. The van der Waals surface area contributed by atoms with E-state index in [0.717, 1.165) is 25.7 Å².